The van der Waals surface area contributed by atoms with Crippen molar-refractivity contribution in [3.8, 4) is 11.3 Å². The van der Waals surface area contributed by atoms with Crippen LogP contribution in [0, 0.1) is 0 Å². The van der Waals surface area contributed by atoms with E-state index in [4.69, 9.17) is 10.2 Å². The molecule has 1 heterocycles. The fourth-order valence-corrected chi connectivity index (χ4v) is 2.41. The Hall–Kier alpha value is -0.710. The van der Waals surface area contributed by atoms with Gasteiger partial charge in [-0.15, -0.1) is 0 Å². The summed E-state index contributed by atoms with van der Waals surface area (Å²) in [5.74, 6) is 3.77. The van der Waals surface area contributed by atoms with E-state index in [1.807, 2.05) is 36.4 Å². The monoisotopic (exact) mass is 311 g/mol. The Kier molecular flexibility index (Phi) is 4.71. The van der Waals surface area contributed by atoms with E-state index in [1.165, 1.54) is 0 Å². The fraction of sp³-hybridized carbons (Fsp3) is 0.231. The summed E-state index contributed by atoms with van der Waals surface area (Å²) in [5.41, 5.74) is 6.55. The molecular weight excluding hydrogens is 298 g/mol. The highest BCUT2D eigenvalue weighted by Gasteiger charge is 2.04. The van der Waals surface area contributed by atoms with Gasteiger partial charge < -0.3 is 10.2 Å². The summed E-state index contributed by atoms with van der Waals surface area (Å²) >= 11 is 5.21. The molecule has 1 aromatic heterocycles. The van der Waals surface area contributed by atoms with Crippen molar-refractivity contribution in [1.29, 1.82) is 0 Å². The maximum absolute atomic E-state index is 5.78. The zero-order valence-electron chi connectivity index (χ0n) is 9.36. The quantitative estimate of drug-likeness (QED) is 0.851. The Morgan fingerprint density at radius 3 is 2.59 bits per heavy atom. The molecule has 0 fully saturated rings. The first kappa shape index (κ1) is 12.7. The summed E-state index contributed by atoms with van der Waals surface area (Å²) in [6.07, 6.45) is 0. The van der Waals surface area contributed by atoms with Gasteiger partial charge in [0.2, 0.25) is 0 Å². The molecule has 2 nitrogen and oxygen atoms in total. The van der Waals surface area contributed by atoms with E-state index in [0.717, 1.165) is 33.1 Å². The number of halogens is 1. The number of hydrogen-bond acceptors (Lipinski definition) is 3. The molecule has 0 atom stereocenters. The van der Waals surface area contributed by atoms with Crippen LogP contribution in [0.2, 0.25) is 0 Å². The first-order chi connectivity index (χ1) is 8.29. The summed E-state index contributed by atoms with van der Waals surface area (Å²) in [4.78, 5) is 0. The molecule has 0 unspecified atom stereocenters. The van der Waals surface area contributed by atoms with Gasteiger partial charge in [-0.25, -0.2) is 0 Å². The normalized spacial score (nSPS) is 10.7. The molecule has 0 aliphatic carbocycles. The highest BCUT2D eigenvalue weighted by atomic mass is 79.9. The van der Waals surface area contributed by atoms with E-state index < -0.39 is 0 Å². The van der Waals surface area contributed by atoms with Crippen LogP contribution >= 0.6 is 27.7 Å². The van der Waals surface area contributed by atoms with Crippen molar-refractivity contribution in [3.05, 3.63) is 46.6 Å². The third-order valence-corrected chi connectivity index (χ3v) is 3.84. The molecule has 0 saturated heterocycles. The van der Waals surface area contributed by atoms with Crippen molar-refractivity contribution in [2.24, 2.45) is 5.73 Å². The summed E-state index contributed by atoms with van der Waals surface area (Å²) in [7, 11) is 0. The highest BCUT2D eigenvalue weighted by Crippen LogP contribution is 2.25. The zero-order valence-corrected chi connectivity index (χ0v) is 11.8. The number of benzene rings is 1. The minimum absolute atomic E-state index is 0.713. The Labute approximate surface area is 114 Å². The molecule has 2 N–H and O–H groups in total. The molecule has 4 heteroatoms. The predicted molar refractivity (Wildman–Crippen MR) is 77.1 cm³/mol. The first-order valence-corrected chi connectivity index (χ1v) is 7.37. The van der Waals surface area contributed by atoms with E-state index in [9.17, 15) is 0 Å². The lowest BCUT2D eigenvalue weighted by molar-refractivity contribution is 0.544. The summed E-state index contributed by atoms with van der Waals surface area (Å²) in [5, 5.41) is 0. The average Bonchev–Trinajstić information content (AvgIpc) is 2.79. The molecule has 17 heavy (non-hydrogen) atoms. The third-order valence-electron chi connectivity index (χ3n) is 2.30. The highest BCUT2D eigenvalue weighted by molar-refractivity contribution is 9.10. The van der Waals surface area contributed by atoms with Crippen molar-refractivity contribution in [1.82, 2.24) is 0 Å². The standard InChI is InChI=1S/C13H14BrNOS/c14-11-3-1-10(2-4-11)13-6-5-12(16-13)9-17-8-7-15/h1-6H,7-9,15H2. The van der Waals surface area contributed by atoms with Crippen molar-refractivity contribution in [2.45, 2.75) is 5.75 Å². The third kappa shape index (κ3) is 3.63. The minimum atomic E-state index is 0.713. The maximum atomic E-state index is 5.78. The van der Waals surface area contributed by atoms with Crippen LogP contribution < -0.4 is 5.73 Å². The molecule has 2 rings (SSSR count). The van der Waals surface area contributed by atoms with Crippen LogP contribution in [-0.4, -0.2) is 12.3 Å². The Balaban J connectivity index is 2.04. The summed E-state index contributed by atoms with van der Waals surface area (Å²) in [6.45, 7) is 0.713. The number of nitrogens with two attached hydrogens (primary N) is 1. The largest absolute Gasteiger partial charge is 0.460 e. The molecule has 1 aromatic carbocycles. The number of furan rings is 1. The number of hydrogen-bond donors (Lipinski definition) is 1. The van der Waals surface area contributed by atoms with Crippen LogP contribution in [-0.2, 0) is 5.75 Å². The second-order valence-corrected chi connectivity index (χ2v) is 5.63. The van der Waals surface area contributed by atoms with Crippen molar-refractivity contribution < 1.29 is 4.42 Å². The molecule has 0 bridgehead atoms. The van der Waals surface area contributed by atoms with Crippen LogP contribution in [0.5, 0.6) is 0 Å². The van der Waals surface area contributed by atoms with Gasteiger partial charge in [0.05, 0.1) is 5.75 Å². The van der Waals surface area contributed by atoms with E-state index in [-0.39, 0.29) is 0 Å². The molecule has 0 aliphatic rings. The van der Waals surface area contributed by atoms with Gasteiger partial charge in [0, 0.05) is 22.3 Å². The molecule has 0 amide bonds. The SMILES string of the molecule is NCCSCc1ccc(-c2ccc(Br)cc2)o1. The van der Waals surface area contributed by atoms with Gasteiger partial charge in [0.15, 0.2) is 0 Å². The van der Waals surface area contributed by atoms with Crippen LogP contribution in [0.3, 0.4) is 0 Å². The van der Waals surface area contributed by atoms with Gasteiger partial charge in [-0.2, -0.15) is 11.8 Å². The van der Waals surface area contributed by atoms with Gasteiger partial charge in [-0.3, -0.25) is 0 Å². The molecular formula is C13H14BrNOS. The van der Waals surface area contributed by atoms with Crippen LogP contribution in [0.4, 0.5) is 0 Å². The molecule has 90 valence electrons. The number of thioether (sulfide) groups is 1. The molecule has 0 aliphatic heterocycles. The van der Waals surface area contributed by atoms with Gasteiger partial charge in [0.25, 0.3) is 0 Å². The Morgan fingerprint density at radius 1 is 1.12 bits per heavy atom. The van der Waals surface area contributed by atoms with Gasteiger partial charge in [-0.1, -0.05) is 28.1 Å². The predicted octanol–water partition coefficient (Wildman–Crippen LogP) is 3.90. The van der Waals surface area contributed by atoms with Crippen LogP contribution in [0.1, 0.15) is 5.76 Å². The molecule has 2 aromatic rings. The zero-order chi connectivity index (χ0) is 12.1. The Bertz CT molecular complexity index is 467. The second-order valence-electron chi connectivity index (χ2n) is 3.61. The van der Waals surface area contributed by atoms with E-state index in [1.54, 1.807) is 11.8 Å². The summed E-state index contributed by atoms with van der Waals surface area (Å²) < 4.78 is 6.85. The smallest absolute Gasteiger partial charge is 0.134 e. The first-order valence-electron chi connectivity index (χ1n) is 5.42. The lowest BCUT2D eigenvalue weighted by Crippen LogP contribution is -2.01. The maximum Gasteiger partial charge on any atom is 0.134 e. The second kappa shape index (κ2) is 6.28. The molecule has 0 radical (unpaired) electrons. The summed E-state index contributed by atoms with van der Waals surface area (Å²) in [6, 6.07) is 12.2. The molecule has 0 spiro atoms. The van der Waals surface area contributed by atoms with Gasteiger partial charge >= 0.3 is 0 Å². The van der Waals surface area contributed by atoms with Crippen molar-refractivity contribution >= 4 is 27.7 Å². The fourth-order valence-electron chi connectivity index (χ4n) is 1.48. The van der Waals surface area contributed by atoms with Gasteiger partial charge in [-0.05, 0) is 24.3 Å². The lowest BCUT2D eigenvalue weighted by Gasteiger charge is -1.98. The van der Waals surface area contributed by atoms with E-state index >= 15 is 0 Å². The van der Waals surface area contributed by atoms with Crippen LogP contribution in [0.25, 0.3) is 11.3 Å². The van der Waals surface area contributed by atoms with Crippen LogP contribution in [0.15, 0.2) is 45.3 Å². The average molecular weight is 312 g/mol. The lowest BCUT2D eigenvalue weighted by atomic mass is 10.2. The van der Waals surface area contributed by atoms with Gasteiger partial charge in [0.1, 0.15) is 11.5 Å². The topological polar surface area (TPSA) is 39.2 Å². The molecule has 0 saturated carbocycles. The Morgan fingerprint density at radius 2 is 1.88 bits per heavy atom. The number of rotatable bonds is 5. The van der Waals surface area contributed by atoms with E-state index in [0.29, 0.717) is 6.54 Å². The van der Waals surface area contributed by atoms with E-state index in [2.05, 4.69) is 15.9 Å². The van der Waals surface area contributed by atoms with Crippen molar-refractivity contribution in [3.63, 3.8) is 0 Å². The van der Waals surface area contributed by atoms with Crippen molar-refractivity contribution in [2.75, 3.05) is 12.3 Å². The minimum Gasteiger partial charge on any atom is -0.460 e.